The highest BCUT2D eigenvalue weighted by atomic mass is 32.2. The van der Waals surface area contributed by atoms with E-state index in [1.54, 1.807) is 36.4 Å². The number of amides is 1. The van der Waals surface area contributed by atoms with Crippen LogP contribution in [0.2, 0.25) is 0 Å². The van der Waals surface area contributed by atoms with E-state index >= 15 is 0 Å². The molecular weight excluding hydrogens is 358 g/mol. The molecule has 0 aliphatic rings. The van der Waals surface area contributed by atoms with E-state index in [0.717, 1.165) is 6.26 Å². The number of nitrogens with zero attached hydrogens (tertiary/aromatic N) is 2. The van der Waals surface area contributed by atoms with Crippen LogP contribution in [0.3, 0.4) is 0 Å². The Bertz CT molecular complexity index is 998. The molecule has 0 saturated carbocycles. The van der Waals surface area contributed by atoms with E-state index in [1.807, 2.05) is 6.07 Å². The van der Waals surface area contributed by atoms with E-state index in [2.05, 4.69) is 15.5 Å². The average molecular weight is 373 g/mol. The quantitative estimate of drug-likeness (QED) is 0.704. The van der Waals surface area contributed by atoms with E-state index in [4.69, 9.17) is 9.15 Å². The molecule has 134 valence electrons. The van der Waals surface area contributed by atoms with Crippen molar-refractivity contribution in [1.82, 2.24) is 10.2 Å². The Hall–Kier alpha value is -3.20. The summed E-state index contributed by atoms with van der Waals surface area (Å²) >= 11 is 0. The molecule has 1 amide bonds. The third-order valence-corrected chi connectivity index (χ3v) is 4.44. The van der Waals surface area contributed by atoms with Crippen LogP contribution in [0.1, 0.15) is 0 Å². The molecule has 0 radical (unpaired) electrons. The molecular formula is C17H15N3O5S. The molecule has 3 rings (SSSR count). The van der Waals surface area contributed by atoms with Crippen molar-refractivity contribution in [2.75, 3.05) is 18.2 Å². The lowest BCUT2D eigenvalue weighted by Gasteiger charge is -2.04. The topological polar surface area (TPSA) is 111 Å². The van der Waals surface area contributed by atoms with Crippen LogP contribution >= 0.6 is 0 Å². The fourth-order valence-corrected chi connectivity index (χ4v) is 2.69. The van der Waals surface area contributed by atoms with Gasteiger partial charge in [-0.3, -0.25) is 10.1 Å². The molecule has 9 heteroatoms. The number of hydrogen-bond acceptors (Lipinski definition) is 7. The first kappa shape index (κ1) is 17.6. The van der Waals surface area contributed by atoms with Crippen LogP contribution in [-0.2, 0) is 14.6 Å². The molecule has 0 saturated heterocycles. The number of ether oxygens (including phenoxy) is 1. The molecule has 0 atom stereocenters. The Morgan fingerprint density at radius 3 is 2.42 bits per heavy atom. The number of carbonyl (C=O) groups excluding carboxylic acids is 1. The third-order valence-electron chi connectivity index (χ3n) is 3.31. The molecule has 0 spiro atoms. The molecule has 1 N–H and O–H groups in total. The Morgan fingerprint density at radius 1 is 1.08 bits per heavy atom. The standard InChI is InChI=1S/C17H15N3O5S/c1-26(22,23)14-9-7-12(8-10-14)16-19-20-17(25-16)18-15(21)11-24-13-5-3-2-4-6-13/h2-10H,11H2,1H3,(H,18,20,21). The molecule has 0 fully saturated rings. The van der Waals surface area contributed by atoms with E-state index in [9.17, 15) is 13.2 Å². The van der Waals surface area contributed by atoms with Crippen molar-refractivity contribution in [2.24, 2.45) is 0 Å². The molecule has 0 aliphatic heterocycles. The highest BCUT2D eigenvalue weighted by Crippen LogP contribution is 2.21. The SMILES string of the molecule is CS(=O)(=O)c1ccc(-c2nnc(NC(=O)COc3ccccc3)o2)cc1. The fourth-order valence-electron chi connectivity index (χ4n) is 2.06. The van der Waals surface area contributed by atoms with Crippen LogP contribution in [0.25, 0.3) is 11.5 Å². The minimum atomic E-state index is -3.28. The lowest BCUT2D eigenvalue weighted by Crippen LogP contribution is -2.20. The van der Waals surface area contributed by atoms with E-state index in [1.165, 1.54) is 12.1 Å². The van der Waals surface area contributed by atoms with Crippen LogP contribution in [0, 0.1) is 0 Å². The summed E-state index contributed by atoms with van der Waals surface area (Å²) in [5.74, 6) is 0.278. The zero-order valence-electron chi connectivity index (χ0n) is 13.7. The minimum Gasteiger partial charge on any atom is -0.484 e. The van der Waals surface area contributed by atoms with Crippen molar-refractivity contribution >= 4 is 21.8 Å². The summed E-state index contributed by atoms with van der Waals surface area (Å²) in [6, 6.07) is 14.8. The fraction of sp³-hybridized carbons (Fsp3) is 0.118. The summed E-state index contributed by atoms with van der Waals surface area (Å²) in [6.45, 7) is -0.204. The Kier molecular flexibility index (Phi) is 4.99. The number of nitrogens with one attached hydrogen (secondary N) is 1. The van der Waals surface area contributed by atoms with Crippen molar-refractivity contribution in [3.63, 3.8) is 0 Å². The predicted octanol–water partition coefficient (Wildman–Crippen LogP) is 2.16. The van der Waals surface area contributed by atoms with Gasteiger partial charge in [0, 0.05) is 11.8 Å². The number of benzene rings is 2. The van der Waals surface area contributed by atoms with Gasteiger partial charge in [0.05, 0.1) is 4.90 Å². The average Bonchev–Trinajstić information content (AvgIpc) is 3.09. The molecule has 1 heterocycles. The molecule has 8 nitrogen and oxygen atoms in total. The van der Waals surface area contributed by atoms with E-state index < -0.39 is 15.7 Å². The van der Waals surface area contributed by atoms with Gasteiger partial charge >= 0.3 is 6.01 Å². The van der Waals surface area contributed by atoms with Gasteiger partial charge in [0.2, 0.25) is 5.89 Å². The van der Waals surface area contributed by atoms with Gasteiger partial charge in [-0.25, -0.2) is 8.42 Å². The van der Waals surface area contributed by atoms with Gasteiger partial charge in [-0.15, -0.1) is 5.10 Å². The largest absolute Gasteiger partial charge is 0.484 e. The third kappa shape index (κ3) is 4.45. The first-order chi connectivity index (χ1) is 12.4. The molecule has 0 aliphatic carbocycles. The van der Waals surface area contributed by atoms with Crippen molar-refractivity contribution in [1.29, 1.82) is 0 Å². The summed E-state index contributed by atoms with van der Waals surface area (Å²) in [4.78, 5) is 12.0. The van der Waals surface area contributed by atoms with Crippen molar-refractivity contribution in [2.45, 2.75) is 4.90 Å². The molecule has 0 bridgehead atoms. The molecule has 3 aromatic rings. The summed E-state index contributed by atoms with van der Waals surface area (Å²) in [5, 5.41) is 10.0. The van der Waals surface area contributed by atoms with Crippen LogP contribution in [-0.4, -0.2) is 37.4 Å². The normalized spacial score (nSPS) is 11.1. The monoisotopic (exact) mass is 373 g/mol. The molecule has 1 aromatic heterocycles. The second-order valence-electron chi connectivity index (χ2n) is 5.36. The number of carbonyl (C=O) groups is 1. The van der Waals surface area contributed by atoms with Gasteiger partial charge in [0.15, 0.2) is 16.4 Å². The molecule has 0 unspecified atom stereocenters. The van der Waals surface area contributed by atoms with E-state index in [-0.39, 0.29) is 23.4 Å². The smallest absolute Gasteiger partial charge is 0.322 e. The number of sulfone groups is 1. The minimum absolute atomic E-state index is 0.0751. The second-order valence-corrected chi connectivity index (χ2v) is 7.37. The van der Waals surface area contributed by atoms with Gasteiger partial charge in [-0.2, -0.15) is 0 Å². The maximum atomic E-state index is 11.9. The second kappa shape index (κ2) is 7.36. The highest BCUT2D eigenvalue weighted by Gasteiger charge is 2.13. The summed E-state index contributed by atoms with van der Waals surface area (Å²) in [7, 11) is -3.28. The van der Waals surface area contributed by atoms with Gasteiger partial charge in [0.25, 0.3) is 5.91 Å². The zero-order chi connectivity index (χ0) is 18.6. The number of rotatable bonds is 6. The number of anilines is 1. The lowest BCUT2D eigenvalue weighted by atomic mass is 10.2. The summed E-state index contributed by atoms with van der Waals surface area (Å²) < 4.78 is 33.6. The first-order valence-corrected chi connectivity index (χ1v) is 9.43. The maximum Gasteiger partial charge on any atom is 0.322 e. The Labute approximate surface area is 149 Å². The number of hydrogen-bond donors (Lipinski definition) is 1. The molecule has 26 heavy (non-hydrogen) atoms. The van der Waals surface area contributed by atoms with Crippen molar-refractivity contribution < 1.29 is 22.4 Å². The van der Waals surface area contributed by atoms with Crippen LogP contribution in [0.5, 0.6) is 5.75 Å². The number of aromatic nitrogens is 2. The first-order valence-electron chi connectivity index (χ1n) is 7.53. The van der Waals surface area contributed by atoms with Crippen LogP contribution in [0.15, 0.2) is 63.9 Å². The van der Waals surface area contributed by atoms with Gasteiger partial charge in [0.1, 0.15) is 5.75 Å². The van der Waals surface area contributed by atoms with Gasteiger partial charge in [-0.05, 0) is 36.4 Å². The summed E-state index contributed by atoms with van der Waals surface area (Å²) in [6.07, 6.45) is 1.12. The lowest BCUT2D eigenvalue weighted by molar-refractivity contribution is -0.118. The molecule has 2 aromatic carbocycles. The van der Waals surface area contributed by atoms with E-state index in [0.29, 0.717) is 11.3 Å². The summed E-state index contributed by atoms with van der Waals surface area (Å²) in [5.41, 5.74) is 0.533. The van der Waals surface area contributed by atoms with Crippen molar-refractivity contribution in [3.05, 3.63) is 54.6 Å². The van der Waals surface area contributed by atoms with Crippen molar-refractivity contribution in [3.8, 4) is 17.2 Å². The van der Waals surface area contributed by atoms with Gasteiger partial charge in [-0.1, -0.05) is 23.3 Å². The zero-order valence-corrected chi connectivity index (χ0v) is 14.6. The van der Waals surface area contributed by atoms with Crippen LogP contribution < -0.4 is 10.1 Å². The Balaban J connectivity index is 1.61. The predicted molar refractivity (Wildman–Crippen MR) is 93.4 cm³/mol. The highest BCUT2D eigenvalue weighted by molar-refractivity contribution is 7.90. The number of para-hydroxylation sites is 1. The maximum absolute atomic E-state index is 11.9. The Morgan fingerprint density at radius 2 is 1.77 bits per heavy atom. The van der Waals surface area contributed by atoms with Gasteiger partial charge < -0.3 is 9.15 Å². The van der Waals surface area contributed by atoms with Crippen LogP contribution in [0.4, 0.5) is 6.01 Å².